The number of ether oxygens (including phenoxy) is 1. The average molecular weight is 371 g/mol. The minimum atomic E-state index is -0.118. The quantitative estimate of drug-likeness (QED) is 0.836. The van der Waals surface area contributed by atoms with Gasteiger partial charge in [0, 0.05) is 13.6 Å². The molecule has 0 fully saturated rings. The third kappa shape index (κ3) is 3.25. The zero-order valence-corrected chi connectivity index (χ0v) is 12.8. The van der Waals surface area contributed by atoms with Gasteiger partial charge in [-0.1, -0.05) is 12.1 Å². The first-order chi connectivity index (χ1) is 9.11. The van der Waals surface area contributed by atoms with Gasteiger partial charge in [-0.3, -0.25) is 4.79 Å². The Labute approximate surface area is 124 Å². The number of anilines is 1. The Balaban J connectivity index is 2.18. The van der Waals surface area contributed by atoms with Gasteiger partial charge in [0.1, 0.15) is 15.1 Å². The van der Waals surface area contributed by atoms with E-state index in [-0.39, 0.29) is 5.56 Å². The number of methoxy groups -OCH3 is 1. The van der Waals surface area contributed by atoms with E-state index < -0.39 is 0 Å². The highest BCUT2D eigenvalue weighted by Crippen LogP contribution is 2.18. The summed E-state index contributed by atoms with van der Waals surface area (Å²) in [6.45, 7) is 0.677. The zero-order valence-electron chi connectivity index (χ0n) is 10.7. The zero-order chi connectivity index (χ0) is 13.8. The van der Waals surface area contributed by atoms with Crippen LogP contribution in [0.15, 0.2) is 35.4 Å². The van der Waals surface area contributed by atoms with Crippen molar-refractivity contribution < 1.29 is 4.74 Å². The van der Waals surface area contributed by atoms with Crippen LogP contribution in [0.25, 0.3) is 0 Å². The molecule has 0 aliphatic heterocycles. The lowest BCUT2D eigenvalue weighted by molar-refractivity contribution is 0.414. The largest absolute Gasteiger partial charge is 0.497 e. The lowest BCUT2D eigenvalue weighted by atomic mass is 10.2. The lowest BCUT2D eigenvalue weighted by Crippen LogP contribution is -2.23. The van der Waals surface area contributed by atoms with E-state index in [0.29, 0.717) is 15.9 Å². The molecule has 0 saturated heterocycles. The molecule has 0 aliphatic rings. The predicted octanol–water partition coefficient (Wildman–Crippen LogP) is 2.02. The standard InChI is InChI=1S/C13H14IN3O2/c1-17(12-11(14)13(18)16-8-15-12)7-9-3-5-10(19-2)6-4-9/h3-6,8H,7H2,1-2H3,(H,15,16,18). The number of halogens is 1. The summed E-state index contributed by atoms with van der Waals surface area (Å²) in [6.07, 6.45) is 1.42. The van der Waals surface area contributed by atoms with Gasteiger partial charge in [-0.05, 0) is 40.3 Å². The highest BCUT2D eigenvalue weighted by molar-refractivity contribution is 14.1. The fourth-order valence-electron chi connectivity index (χ4n) is 1.72. The Morgan fingerprint density at radius 3 is 2.68 bits per heavy atom. The molecular formula is C13H14IN3O2. The van der Waals surface area contributed by atoms with Crippen molar-refractivity contribution in [3.05, 3.63) is 50.1 Å². The maximum Gasteiger partial charge on any atom is 0.266 e. The average Bonchev–Trinajstić information content (AvgIpc) is 2.42. The second-order valence-electron chi connectivity index (χ2n) is 4.07. The molecule has 0 atom stereocenters. The van der Waals surface area contributed by atoms with Gasteiger partial charge in [-0.2, -0.15) is 0 Å². The monoisotopic (exact) mass is 371 g/mol. The van der Waals surface area contributed by atoms with Gasteiger partial charge in [0.25, 0.3) is 5.56 Å². The number of nitrogens with one attached hydrogen (secondary N) is 1. The van der Waals surface area contributed by atoms with Crippen molar-refractivity contribution in [2.24, 2.45) is 0 Å². The Morgan fingerprint density at radius 2 is 2.05 bits per heavy atom. The fraction of sp³-hybridized carbons (Fsp3) is 0.231. The van der Waals surface area contributed by atoms with E-state index in [1.54, 1.807) is 7.11 Å². The highest BCUT2D eigenvalue weighted by Gasteiger charge is 2.10. The highest BCUT2D eigenvalue weighted by atomic mass is 127. The summed E-state index contributed by atoms with van der Waals surface area (Å²) in [5.41, 5.74) is 1.01. The SMILES string of the molecule is COc1ccc(CN(C)c2nc[nH]c(=O)c2I)cc1. The number of benzene rings is 1. The van der Waals surface area contributed by atoms with Crippen LogP contribution in [0.5, 0.6) is 5.75 Å². The van der Waals surface area contributed by atoms with Crippen LogP contribution in [-0.4, -0.2) is 24.1 Å². The number of rotatable bonds is 4. The van der Waals surface area contributed by atoms with Gasteiger partial charge in [0.2, 0.25) is 0 Å². The van der Waals surface area contributed by atoms with E-state index in [0.717, 1.165) is 11.3 Å². The third-order valence-corrected chi connectivity index (χ3v) is 3.69. The Kier molecular flexibility index (Phi) is 4.41. The molecule has 100 valence electrons. The lowest BCUT2D eigenvalue weighted by Gasteiger charge is -2.19. The number of aromatic amines is 1. The first-order valence-electron chi connectivity index (χ1n) is 5.69. The van der Waals surface area contributed by atoms with Crippen molar-refractivity contribution in [2.75, 3.05) is 19.1 Å². The number of hydrogen-bond donors (Lipinski definition) is 1. The summed E-state index contributed by atoms with van der Waals surface area (Å²) in [4.78, 5) is 20.2. The van der Waals surface area contributed by atoms with Gasteiger partial charge in [-0.15, -0.1) is 0 Å². The van der Waals surface area contributed by atoms with E-state index in [1.807, 2.05) is 58.8 Å². The van der Waals surface area contributed by atoms with Crippen molar-refractivity contribution >= 4 is 28.4 Å². The minimum Gasteiger partial charge on any atom is -0.497 e. The molecule has 5 nitrogen and oxygen atoms in total. The van der Waals surface area contributed by atoms with Crippen molar-refractivity contribution in [1.82, 2.24) is 9.97 Å². The van der Waals surface area contributed by atoms with Gasteiger partial charge in [-0.25, -0.2) is 4.98 Å². The van der Waals surface area contributed by atoms with Crippen LogP contribution in [0.3, 0.4) is 0 Å². The van der Waals surface area contributed by atoms with Crippen molar-refractivity contribution in [2.45, 2.75) is 6.54 Å². The molecule has 1 N–H and O–H groups in total. The van der Waals surface area contributed by atoms with Crippen LogP contribution >= 0.6 is 22.6 Å². The maximum atomic E-state index is 11.5. The molecule has 0 saturated carbocycles. The summed E-state index contributed by atoms with van der Waals surface area (Å²) in [5.74, 6) is 1.51. The second-order valence-corrected chi connectivity index (χ2v) is 5.15. The first-order valence-corrected chi connectivity index (χ1v) is 6.77. The molecule has 2 aromatic rings. The van der Waals surface area contributed by atoms with Crippen LogP contribution < -0.4 is 15.2 Å². The van der Waals surface area contributed by atoms with Crippen molar-refractivity contribution in [1.29, 1.82) is 0 Å². The van der Waals surface area contributed by atoms with Crippen molar-refractivity contribution in [3.63, 3.8) is 0 Å². The first kappa shape index (κ1) is 13.9. The molecule has 2 rings (SSSR count). The molecule has 0 spiro atoms. The second kappa shape index (κ2) is 6.05. The van der Waals surface area contributed by atoms with E-state index >= 15 is 0 Å². The van der Waals surface area contributed by atoms with Crippen LogP contribution in [0, 0.1) is 3.57 Å². The van der Waals surface area contributed by atoms with E-state index in [2.05, 4.69) is 9.97 Å². The molecule has 19 heavy (non-hydrogen) atoms. The molecule has 0 aliphatic carbocycles. The molecule has 1 heterocycles. The summed E-state index contributed by atoms with van der Waals surface area (Å²) >= 11 is 2.01. The van der Waals surface area contributed by atoms with Gasteiger partial charge >= 0.3 is 0 Å². The van der Waals surface area contributed by atoms with Gasteiger partial charge in [0.15, 0.2) is 0 Å². The van der Waals surface area contributed by atoms with E-state index in [9.17, 15) is 4.79 Å². The normalized spacial score (nSPS) is 10.3. The topological polar surface area (TPSA) is 58.2 Å². The third-order valence-electron chi connectivity index (χ3n) is 2.72. The van der Waals surface area contributed by atoms with Crippen LogP contribution in [0.4, 0.5) is 5.82 Å². The Morgan fingerprint density at radius 1 is 1.37 bits per heavy atom. The molecular weight excluding hydrogens is 357 g/mol. The minimum absolute atomic E-state index is 0.118. The van der Waals surface area contributed by atoms with Crippen LogP contribution in [0.2, 0.25) is 0 Å². The Hall–Kier alpha value is -1.57. The van der Waals surface area contributed by atoms with Crippen LogP contribution in [0.1, 0.15) is 5.56 Å². The number of aromatic nitrogens is 2. The molecule has 0 unspecified atom stereocenters. The molecule has 0 amide bonds. The molecule has 0 bridgehead atoms. The molecule has 1 aromatic carbocycles. The fourth-order valence-corrected chi connectivity index (χ4v) is 2.43. The Bertz CT molecular complexity index is 610. The van der Waals surface area contributed by atoms with E-state index in [1.165, 1.54) is 6.33 Å². The summed E-state index contributed by atoms with van der Waals surface area (Å²) in [5, 5.41) is 0. The van der Waals surface area contributed by atoms with Crippen molar-refractivity contribution in [3.8, 4) is 5.75 Å². The molecule has 1 aromatic heterocycles. The molecule has 0 radical (unpaired) electrons. The molecule has 6 heteroatoms. The number of nitrogens with zero attached hydrogens (tertiary/aromatic N) is 2. The predicted molar refractivity (Wildman–Crippen MR) is 82.7 cm³/mol. The summed E-state index contributed by atoms with van der Waals surface area (Å²) < 4.78 is 5.71. The smallest absolute Gasteiger partial charge is 0.266 e. The van der Waals surface area contributed by atoms with Gasteiger partial charge in [0.05, 0.1) is 13.4 Å². The number of hydrogen-bond acceptors (Lipinski definition) is 4. The van der Waals surface area contributed by atoms with E-state index in [4.69, 9.17) is 4.74 Å². The summed E-state index contributed by atoms with van der Waals surface area (Å²) in [7, 11) is 3.55. The van der Waals surface area contributed by atoms with Crippen LogP contribution in [-0.2, 0) is 6.54 Å². The summed E-state index contributed by atoms with van der Waals surface area (Å²) in [6, 6.07) is 7.82. The number of H-pyrrole nitrogens is 1. The van der Waals surface area contributed by atoms with Gasteiger partial charge < -0.3 is 14.6 Å². The maximum absolute atomic E-state index is 11.5.